The summed E-state index contributed by atoms with van der Waals surface area (Å²) in [4.78, 5) is 44.2. The van der Waals surface area contributed by atoms with E-state index in [4.69, 9.17) is 9.72 Å². The average Bonchev–Trinajstić information content (AvgIpc) is 3.57. The smallest absolute Gasteiger partial charge is 0.234 e. The van der Waals surface area contributed by atoms with Crippen LogP contribution in [0.2, 0.25) is 0 Å². The van der Waals surface area contributed by atoms with Crippen LogP contribution < -0.4 is 41.5 Å². The highest BCUT2D eigenvalue weighted by Crippen LogP contribution is 2.42. The lowest BCUT2D eigenvalue weighted by molar-refractivity contribution is -0.125. The second-order valence-corrected chi connectivity index (χ2v) is 19.0. The zero-order valence-corrected chi connectivity index (χ0v) is 35.8. The number of nitrogens with one attached hydrogen (secondary N) is 5. The van der Waals surface area contributed by atoms with E-state index in [0.717, 1.165) is 69.7 Å². The van der Waals surface area contributed by atoms with Gasteiger partial charge >= 0.3 is 0 Å². The summed E-state index contributed by atoms with van der Waals surface area (Å²) < 4.78 is 20.0. The third-order valence-corrected chi connectivity index (χ3v) is 12.8. The predicted molar refractivity (Wildman–Crippen MR) is 234 cm³/mol. The fraction of sp³-hybridized carbons (Fsp3) is 0.381. The quantitative estimate of drug-likeness (QED) is 0.0444. The maximum atomic E-state index is 13.5. The molecule has 4 heterocycles. The standard InChI is InChI=1S/C42H50BrN10O4P/c1-5-27-22-34(50-42-48-25-31(43)40(52-42)49-33-11-10-32-38(47-19-18-46-32)39(33)58(3,4)56)36(57-2)24-35(27)53-20-13-29(14-21-53)45-17-16-44-15-12-26-6-8-28(9-7-26)30-23-37(54)51-41(30)55/h6-11,18-19,22,24-25,29-30,44-45H,5,12-17,20-21,23H2,1-4H3,(H,51,54,55)(H2,48,49,50,52). The third-order valence-electron chi connectivity index (χ3n) is 10.7. The number of aryl methyl sites for hydroxylation is 1. The Kier molecular flexibility index (Phi) is 13.0. The molecule has 2 fully saturated rings. The summed E-state index contributed by atoms with van der Waals surface area (Å²) in [6.07, 6.45) is 8.97. The Morgan fingerprint density at radius 3 is 2.43 bits per heavy atom. The monoisotopic (exact) mass is 868 g/mol. The highest BCUT2D eigenvalue weighted by molar-refractivity contribution is 9.10. The van der Waals surface area contributed by atoms with Crippen LogP contribution in [0.3, 0.4) is 0 Å². The molecule has 14 nitrogen and oxygen atoms in total. The molecular weight excluding hydrogens is 819 g/mol. The molecule has 58 heavy (non-hydrogen) atoms. The summed E-state index contributed by atoms with van der Waals surface area (Å²) in [7, 11) is -1.09. The number of halogens is 1. The number of nitrogens with zero attached hydrogens (tertiary/aromatic N) is 5. The zero-order chi connectivity index (χ0) is 40.8. The summed E-state index contributed by atoms with van der Waals surface area (Å²) in [6.45, 7) is 10.1. The van der Waals surface area contributed by atoms with Gasteiger partial charge in [-0.3, -0.25) is 24.9 Å². The molecule has 2 saturated heterocycles. The van der Waals surface area contributed by atoms with E-state index in [9.17, 15) is 14.2 Å². The van der Waals surface area contributed by atoms with Crippen molar-refractivity contribution in [3.05, 3.63) is 88.3 Å². The van der Waals surface area contributed by atoms with Crippen LogP contribution in [0.25, 0.3) is 11.0 Å². The minimum Gasteiger partial charge on any atom is -0.494 e. The van der Waals surface area contributed by atoms with Gasteiger partial charge in [0.15, 0.2) is 0 Å². The zero-order valence-electron chi connectivity index (χ0n) is 33.3. The van der Waals surface area contributed by atoms with Gasteiger partial charge in [-0.2, -0.15) is 4.98 Å². The lowest BCUT2D eigenvalue weighted by atomic mass is 9.96. The number of hydrogen-bond donors (Lipinski definition) is 5. The predicted octanol–water partition coefficient (Wildman–Crippen LogP) is 6.01. The molecule has 0 saturated carbocycles. The molecule has 7 rings (SSSR count). The van der Waals surface area contributed by atoms with Gasteiger partial charge in [-0.1, -0.05) is 31.2 Å². The first kappa shape index (κ1) is 41.2. The fourth-order valence-electron chi connectivity index (χ4n) is 7.68. The number of benzene rings is 3. The minimum absolute atomic E-state index is 0.204. The van der Waals surface area contributed by atoms with Crippen LogP contribution in [0.15, 0.2) is 71.6 Å². The van der Waals surface area contributed by atoms with E-state index >= 15 is 0 Å². The van der Waals surface area contributed by atoms with Gasteiger partial charge in [-0.05, 0) is 96.4 Å². The lowest BCUT2D eigenvalue weighted by Crippen LogP contribution is -2.44. The van der Waals surface area contributed by atoms with Crippen molar-refractivity contribution in [1.29, 1.82) is 0 Å². The van der Waals surface area contributed by atoms with E-state index in [-0.39, 0.29) is 24.2 Å². The van der Waals surface area contributed by atoms with Crippen molar-refractivity contribution in [3.8, 4) is 5.75 Å². The summed E-state index contributed by atoms with van der Waals surface area (Å²) in [5.41, 5.74) is 7.15. The van der Waals surface area contributed by atoms with Gasteiger partial charge in [-0.25, -0.2) is 4.98 Å². The Morgan fingerprint density at radius 1 is 0.948 bits per heavy atom. The van der Waals surface area contributed by atoms with Gasteiger partial charge in [-0.15, -0.1) is 0 Å². The van der Waals surface area contributed by atoms with Crippen molar-refractivity contribution >= 4 is 80.1 Å². The number of piperidine rings is 1. The first-order chi connectivity index (χ1) is 28.0. The number of methoxy groups -OCH3 is 1. The topological polar surface area (TPSA) is 175 Å². The largest absolute Gasteiger partial charge is 0.494 e. The lowest BCUT2D eigenvalue weighted by Gasteiger charge is -2.35. The van der Waals surface area contributed by atoms with E-state index in [2.05, 4.69) is 81.4 Å². The number of hydrogen-bond acceptors (Lipinski definition) is 13. The van der Waals surface area contributed by atoms with E-state index in [1.54, 1.807) is 39.0 Å². The highest BCUT2D eigenvalue weighted by Gasteiger charge is 2.31. The second kappa shape index (κ2) is 18.3. The number of ether oxygens (including phenoxy) is 1. The molecule has 2 aliphatic heterocycles. The molecule has 304 valence electrons. The van der Waals surface area contributed by atoms with E-state index < -0.39 is 7.14 Å². The first-order valence-corrected chi connectivity index (χ1v) is 23.1. The van der Waals surface area contributed by atoms with Crippen molar-refractivity contribution in [3.63, 3.8) is 0 Å². The molecule has 5 aromatic rings. The van der Waals surface area contributed by atoms with Gasteiger partial charge < -0.3 is 35.5 Å². The highest BCUT2D eigenvalue weighted by atomic mass is 79.9. The molecule has 1 atom stereocenters. The van der Waals surface area contributed by atoms with E-state index in [1.165, 1.54) is 16.8 Å². The summed E-state index contributed by atoms with van der Waals surface area (Å²) >= 11 is 3.59. The van der Waals surface area contributed by atoms with Crippen LogP contribution in [-0.2, 0) is 27.0 Å². The van der Waals surface area contributed by atoms with Gasteiger partial charge in [0.25, 0.3) is 0 Å². The van der Waals surface area contributed by atoms with Crippen LogP contribution in [-0.4, -0.2) is 91.0 Å². The molecule has 0 radical (unpaired) electrons. The molecular formula is C42H50BrN10O4P. The maximum absolute atomic E-state index is 13.5. The van der Waals surface area contributed by atoms with Gasteiger partial charge in [0.2, 0.25) is 17.8 Å². The molecule has 2 amide bonds. The number of fused-ring (bicyclic) bond motifs is 1. The summed E-state index contributed by atoms with van der Waals surface area (Å²) in [5.74, 6) is 0.801. The number of carbonyl (C=O) groups is 2. The maximum Gasteiger partial charge on any atom is 0.234 e. The number of amides is 2. The second-order valence-electron chi connectivity index (χ2n) is 15.0. The number of anilines is 5. The average molecular weight is 870 g/mol. The molecule has 0 spiro atoms. The van der Waals surface area contributed by atoms with Crippen LogP contribution in [0, 0.1) is 0 Å². The fourth-order valence-corrected chi connectivity index (χ4v) is 9.36. The number of imide groups is 1. The number of aromatic nitrogens is 4. The molecule has 2 aliphatic rings. The Morgan fingerprint density at radius 2 is 1.72 bits per heavy atom. The van der Waals surface area contributed by atoms with Gasteiger partial charge in [0.1, 0.15) is 24.2 Å². The molecule has 0 aliphatic carbocycles. The number of rotatable bonds is 16. The molecule has 16 heteroatoms. The summed E-state index contributed by atoms with van der Waals surface area (Å²) in [6, 6.07) is 16.4. The Balaban J connectivity index is 0.918. The van der Waals surface area contributed by atoms with Crippen molar-refractivity contribution < 1.29 is 18.9 Å². The molecule has 5 N–H and O–H groups in total. The van der Waals surface area contributed by atoms with E-state index in [0.29, 0.717) is 50.1 Å². The summed E-state index contributed by atoms with van der Waals surface area (Å²) in [5, 5.41) is 17.0. The molecule has 2 aromatic heterocycles. The first-order valence-electron chi connectivity index (χ1n) is 19.7. The van der Waals surface area contributed by atoms with Crippen LogP contribution in [0.1, 0.15) is 48.8 Å². The molecule has 0 bridgehead atoms. The van der Waals surface area contributed by atoms with Gasteiger partial charge in [0.05, 0.1) is 39.7 Å². The van der Waals surface area contributed by atoms with Crippen LogP contribution >= 0.6 is 23.1 Å². The molecule has 3 aromatic carbocycles. The van der Waals surface area contributed by atoms with Crippen molar-refractivity contribution in [2.24, 2.45) is 0 Å². The normalized spacial score (nSPS) is 16.2. The third kappa shape index (κ3) is 9.66. The Bertz CT molecular complexity index is 2330. The van der Waals surface area contributed by atoms with Crippen LogP contribution in [0.5, 0.6) is 5.75 Å². The minimum atomic E-state index is -2.76. The van der Waals surface area contributed by atoms with Gasteiger partial charge in [0, 0.05) is 69.0 Å². The van der Waals surface area contributed by atoms with E-state index in [1.807, 2.05) is 36.4 Å². The van der Waals surface area contributed by atoms with Crippen molar-refractivity contribution in [2.45, 2.75) is 51.0 Å². The Hall–Kier alpha value is -4.95. The van der Waals surface area contributed by atoms with Crippen LogP contribution in [0.4, 0.5) is 28.8 Å². The molecule has 1 unspecified atom stereocenters. The van der Waals surface area contributed by atoms with Crippen molar-refractivity contribution in [1.82, 2.24) is 35.9 Å². The number of carbonyl (C=O) groups excluding carboxylic acids is 2. The Labute approximate surface area is 347 Å². The SMILES string of the molecule is CCc1cc(Nc2ncc(Br)c(Nc3ccc4nccnc4c3P(C)(C)=O)n2)c(OC)cc1N1CCC(NCCNCCc2ccc(C3CC(=O)NC3=O)cc2)CC1. The van der Waals surface area contributed by atoms with Crippen molar-refractivity contribution in [2.75, 3.05) is 68.7 Å².